The second-order valence-electron chi connectivity index (χ2n) is 7.66. The topological polar surface area (TPSA) is 0 Å². The SMILES string of the molecule is Cc1ccc(-c2ccc3c(c2)-c2ccccc2C3(C)c2ccccc2)cc1. The van der Waals surface area contributed by atoms with Crippen LogP contribution in [0.25, 0.3) is 22.3 Å². The first-order chi connectivity index (χ1) is 13.2. The summed E-state index contributed by atoms with van der Waals surface area (Å²) >= 11 is 0. The Morgan fingerprint density at radius 1 is 0.556 bits per heavy atom. The van der Waals surface area contributed by atoms with Crippen molar-refractivity contribution in [3.63, 3.8) is 0 Å². The van der Waals surface area contributed by atoms with Crippen LogP contribution in [0.5, 0.6) is 0 Å². The van der Waals surface area contributed by atoms with Crippen LogP contribution in [0.3, 0.4) is 0 Å². The fraction of sp³-hybridized carbons (Fsp3) is 0.111. The first-order valence-corrected chi connectivity index (χ1v) is 9.55. The Bertz CT molecular complexity index is 1120. The van der Waals surface area contributed by atoms with Gasteiger partial charge in [-0.3, -0.25) is 0 Å². The molecule has 1 atom stereocenters. The second kappa shape index (κ2) is 5.96. The van der Waals surface area contributed by atoms with E-state index in [1.54, 1.807) is 0 Å². The Kier molecular flexibility index (Phi) is 3.55. The first kappa shape index (κ1) is 16.1. The summed E-state index contributed by atoms with van der Waals surface area (Å²) in [6, 6.07) is 35.5. The number of hydrogen-bond donors (Lipinski definition) is 0. The van der Waals surface area contributed by atoms with Crippen LogP contribution in [-0.4, -0.2) is 0 Å². The van der Waals surface area contributed by atoms with Crippen molar-refractivity contribution < 1.29 is 0 Å². The van der Waals surface area contributed by atoms with Crippen LogP contribution in [0.1, 0.15) is 29.2 Å². The van der Waals surface area contributed by atoms with E-state index >= 15 is 0 Å². The molecule has 1 unspecified atom stereocenters. The molecule has 0 aromatic heterocycles. The van der Waals surface area contributed by atoms with Gasteiger partial charge in [-0.2, -0.15) is 0 Å². The number of rotatable bonds is 2. The van der Waals surface area contributed by atoms with Crippen molar-refractivity contribution in [3.05, 3.63) is 119 Å². The van der Waals surface area contributed by atoms with Crippen molar-refractivity contribution >= 4 is 0 Å². The minimum Gasteiger partial charge on any atom is -0.0622 e. The molecule has 0 fully saturated rings. The maximum absolute atomic E-state index is 2.37. The maximum Gasteiger partial charge on any atom is 0.0435 e. The minimum atomic E-state index is -0.112. The summed E-state index contributed by atoms with van der Waals surface area (Å²) in [4.78, 5) is 0. The van der Waals surface area contributed by atoms with Gasteiger partial charge in [0.1, 0.15) is 0 Å². The van der Waals surface area contributed by atoms with Crippen molar-refractivity contribution in [3.8, 4) is 22.3 Å². The first-order valence-electron chi connectivity index (χ1n) is 9.55. The van der Waals surface area contributed by atoms with Crippen molar-refractivity contribution in [2.24, 2.45) is 0 Å². The molecular formula is C27H22. The third-order valence-corrected chi connectivity index (χ3v) is 6.05. The minimum absolute atomic E-state index is 0.112. The summed E-state index contributed by atoms with van der Waals surface area (Å²) in [6.45, 7) is 4.49. The van der Waals surface area contributed by atoms with Crippen LogP contribution in [-0.2, 0) is 5.41 Å². The van der Waals surface area contributed by atoms with Crippen LogP contribution in [0.4, 0.5) is 0 Å². The third-order valence-electron chi connectivity index (χ3n) is 6.05. The van der Waals surface area contributed by atoms with E-state index in [-0.39, 0.29) is 5.41 Å². The quantitative estimate of drug-likeness (QED) is 0.367. The highest BCUT2D eigenvalue weighted by atomic mass is 14.4. The maximum atomic E-state index is 2.37. The van der Waals surface area contributed by atoms with Crippen molar-refractivity contribution in [2.45, 2.75) is 19.3 Å². The molecule has 0 saturated heterocycles. The normalized spacial score (nSPS) is 17.4. The Hall–Kier alpha value is -3.12. The lowest BCUT2D eigenvalue weighted by Crippen LogP contribution is -2.22. The third kappa shape index (κ3) is 2.37. The molecule has 130 valence electrons. The van der Waals surface area contributed by atoms with Gasteiger partial charge in [-0.15, -0.1) is 0 Å². The molecule has 0 spiro atoms. The number of aryl methyl sites for hydroxylation is 1. The summed E-state index contributed by atoms with van der Waals surface area (Å²) in [6.07, 6.45) is 0. The summed E-state index contributed by atoms with van der Waals surface area (Å²) in [5.74, 6) is 0. The molecule has 0 aliphatic heterocycles. The van der Waals surface area contributed by atoms with Gasteiger partial charge in [0.25, 0.3) is 0 Å². The van der Waals surface area contributed by atoms with Gasteiger partial charge in [-0.25, -0.2) is 0 Å². The molecule has 4 aromatic carbocycles. The molecule has 0 nitrogen and oxygen atoms in total. The molecule has 4 aromatic rings. The smallest absolute Gasteiger partial charge is 0.0435 e. The van der Waals surface area contributed by atoms with Crippen molar-refractivity contribution in [1.82, 2.24) is 0 Å². The van der Waals surface area contributed by atoms with E-state index in [4.69, 9.17) is 0 Å². The zero-order valence-corrected chi connectivity index (χ0v) is 15.7. The van der Waals surface area contributed by atoms with Crippen LogP contribution in [0.15, 0.2) is 97.1 Å². The summed E-state index contributed by atoms with van der Waals surface area (Å²) < 4.78 is 0. The second-order valence-corrected chi connectivity index (χ2v) is 7.66. The van der Waals surface area contributed by atoms with E-state index in [9.17, 15) is 0 Å². The molecule has 0 heteroatoms. The molecule has 0 amide bonds. The number of hydrogen-bond acceptors (Lipinski definition) is 0. The van der Waals surface area contributed by atoms with Gasteiger partial charge in [0.2, 0.25) is 0 Å². The standard InChI is InChI=1S/C27H22/c1-19-12-14-20(15-13-19)21-16-17-26-24(18-21)23-10-6-7-11-25(23)27(26,2)22-8-4-3-5-9-22/h3-18H,1-2H3. The van der Waals surface area contributed by atoms with E-state index in [0.717, 1.165) is 0 Å². The lowest BCUT2D eigenvalue weighted by molar-refractivity contribution is 0.714. The molecule has 1 aliphatic carbocycles. The van der Waals surface area contributed by atoms with Crippen LogP contribution < -0.4 is 0 Å². The molecule has 27 heavy (non-hydrogen) atoms. The number of fused-ring (bicyclic) bond motifs is 3. The molecule has 0 heterocycles. The summed E-state index contributed by atoms with van der Waals surface area (Å²) in [5.41, 5.74) is 10.6. The van der Waals surface area contributed by atoms with E-state index in [1.165, 1.54) is 44.5 Å². The van der Waals surface area contributed by atoms with Gasteiger partial charge in [0, 0.05) is 5.41 Å². The largest absolute Gasteiger partial charge is 0.0622 e. The highest BCUT2D eigenvalue weighted by Gasteiger charge is 2.40. The zero-order valence-electron chi connectivity index (χ0n) is 15.7. The van der Waals surface area contributed by atoms with E-state index < -0.39 is 0 Å². The predicted molar refractivity (Wildman–Crippen MR) is 114 cm³/mol. The Morgan fingerprint density at radius 3 is 1.96 bits per heavy atom. The molecule has 0 N–H and O–H groups in total. The van der Waals surface area contributed by atoms with E-state index in [2.05, 4.69) is 111 Å². The lowest BCUT2D eigenvalue weighted by Gasteiger charge is -2.28. The monoisotopic (exact) mass is 346 g/mol. The van der Waals surface area contributed by atoms with Gasteiger partial charge >= 0.3 is 0 Å². The molecule has 1 aliphatic rings. The highest BCUT2D eigenvalue weighted by Crippen LogP contribution is 2.52. The van der Waals surface area contributed by atoms with Crippen LogP contribution in [0.2, 0.25) is 0 Å². The van der Waals surface area contributed by atoms with E-state index in [0.29, 0.717) is 0 Å². The zero-order chi connectivity index (χ0) is 18.4. The fourth-order valence-corrected chi connectivity index (χ4v) is 4.51. The fourth-order valence-electron chi connectivity index (χ4n) is 4.51. The Labute approximate surface area is 161 Å². The molecule has 0 radical (unpaired) electrons. The molecule has 0 bridgehead atoms. The van der Waals surface area contributed by atoms with Gasteiger partial charge in [0.15, 0.2) is 0 Å². The lowest BCUT2D eigenvalue weighted by atomic mass is 9.74. The average Bonchev–Trinajstić information content (AvgIpc) is 2.99. The molecule has 5 rings (SSSR count). The predicted octanol–water partition coefficient (Wildman–Crippen LogP) is 7.00. The Balaban J connectivity index is 1.75. The molecular weight excluding hydrogens is 324 g/mol. The van der Waals surface area contributed by atoms with Gasteiger partial charge in [-0.05, 0) is 58.9 Å². The molecule has 0 saturated carbocycles. The van der Waals surface area contributed by atoms with Gasteiger partial charge < -0.3 is 0 Å². The number of benzene rings is 4. The van der Waals surface area contributed by atoms with E-state index in [1.807, 2.05) is 0 Å². The summed E-state index contributed by atoms with van der Waals surface area (Å²) in [7, 11) is 0. The highest BCUT2D eigenvalue weighted by molar-refractivity contribution is 5.86. The summed E-state index contributed by atoms with van der Waals surface area (Å²) in [5, 5.41) is 0. The van der Waals surface area contributed by atoms with Crippen molar-refractivity contribution in [1.29, 1.82) is 0 Å². The van der Waals surface area contributed by atoms with Crippen LogP contribution >= 0.6 is 0 Å². The van der Waals surface area contributed by atoms with Crippen molar-refractivity contribution in [2.75, 3.05) is 0 Å². The average molecular weight is 346 g/mol. The van der Waals surface area contributed by atoms with Crippen LogP contribution in [0, 0.1) is 6.92 Å². The Morgan fingerprint density at radius 2 is 1.19 bits per heavy atom. The van der Waals surface area contributed by atoms with Gasteiger partial charge in [-0.1, -0.05) is 96.6 Å². The van der Waals surface area contributed by atoms with Gasteiger partial charge in [0.05, 0.1) is 0 Å².